The van der Waals surface area contributed by atoms with Gasteiger partial charge in [0.25, 0.3) is 0 Å². The molecular formula is C26H20F3N3O4. The number of carbonyl (C=O) groups excluding carboxylic acids is 2. The van der Waals surface area contributed by atoms with Gasteiger partial charge in [-0.05, 0) is 29.3 Å². The predicted octanol–water partition coefficient (Wildman–Crippen LogP) is 3.13. The van der Waals surface area contributed by atoms with Crippen molar-refractivity contribution in [2.75, 3.05) is 6.54 Å². The monoisotopic (exact) mass is 495 g/mol. The number of aromatic amines is 1. The Morgan fingerprint density at radius 2 is 1.89 bits per heavy atom. The van der Waals surface area contributed by atoms with E-state index in [9.17, 15) is 32.7 Å². The number of alkyl halides is 3. The lowest BCUT2D eigenvalue weighted by Crippen LogP contribution is -2.57. The average molecular weight is 495 g/mol. The van der Waals surface area contributed by atoms with E-state index in [1.165, 1.54) is 12.1 Å². The number of aliphatic carboxylic acids is 1. The van der Waals surface area contributed by atoms with Crippen molar-refractivity contribution in [1.82, 2.24) is 15.2 Å². The smallest absolute Gasteiger partial charge is 0.416 e. The molecule has 0 aliphatic carbocycles. The Balaban J connectivity index is 1.66. The van der Waals surface area contributed by atoms with Gasteiger partial charge in [0.2, 0.25) is 11.8 Å². The first-order chi connectivity index (χ1) is 17.1. The van der Waals surface area contributed by atoms with Crippen molar-refractivity contribution < 1.29 is 32.7 Å². The van der Waals surface area contributed by atoms with Crippen molar-refractivity contribution in [3.63, 3.8) is 0 Å². The van der Waals surface area contributed by atoms with Crippen molar-refractivity contribution in [1.29, 1.82) is 0 Å². The molecule has 0 bridgehead atoms. The van der Waals surface area contributed by atoms with Crippen LogP contribution in [-0.4, -0.2) is 44.9 Å². The zero-order valence-corrected chi connectivity index (χ0v) is 18.7. The SMILES string of the molecule is C#CCN1C(=O)C2C(c3cccc(C(F)(F)F)c3)NC(Cc3c[nH]c4ccccc34)(C(=O)O)C2C1=O. The fourth-order valence-corrected chi connectivity index (χ4v) is 5.52. The Kier molecular flexibility index (Phi) is 5.41. The molecule has 3 N–H and O–H groups in total. The lowest BCUT2D eigenvalue weighted by Gasteiger charge is -2.31. The molecule has 2 aliphatic rings. The number of carboxylic acids is 1. The summed E-state index contributed by atoms with van der Waals surface area (Å²) in [6, 6.07) is 10.4. The number of rotatable bonds is 5. The Bertz CT molecular complexity index is 1440. The van der Waals surface area contributed by atoms with Crippen LogP contribution >= 0.6 is 0 Å². The van der Waals surface area contributed by atoms with Crippen LogP contribution in [0.15, 0.2) is 54.7 Å². The van der Waals surface area contributed by atoms with Gasteiger partial charge in [0.05, 0.1) is 23.9 Å². The fraction of sp³-hybridized carbons (Fsp3) is 0.269. The number of hydrogen-bond donors (Lipinski definition) is 3. The first-order valence-corrected chi connectivity index (χ1v) is 11.1. The molecule has 0 radical (unpaired) electrons. The van der Waals surface area contributed by atoms with Crippen molar-refractivity contribution in [3.8, 4) is 12.3 Å². The fourth-order valence-electron chi connectivity index (χ4n) is 5.52. The first kappa shape index (κ1) is 23.6. The minimum atomic E-state index is -4.65. The summed E-state index contributed by atoms with van der Waals surface area (Å²) in [5.74, 6) is -3.23. The number of likely N-dealkylation sites (tertiary alicyclic amines) is 1. The van der Waals surface area contributed by atoms with Crippen molar-refractivity contribution in [2.45, 2.75) is 24.2 Å². The molecule has 10 heteroatoms. The van der Waals surface area contributed by atoms with Crippen LogP contribution < -0.4 is 5.32 Å². The second kappa shape index (κ2) is 8.24. The van der Waals surface area contributed by atoms with Crippen LogP contribution in [0.2, 0.25) is 0 Å². The number of imide groups is 1. The zero-order valence-electron chi connectivity index (χ0n) is 18.7. The minimum absolute atomic E-state index is 0.0607. The number of carbonyl (C=O) groups is 3. The van der Waals surface area contributed by atoms with Crippen LogP contribution in [0.4, 0.5) is 13.2 Å². The maximum atomic E-state index is 13.4. The minimum Gasteiger partial charge on any atom is -0.480 e. The Morgan fingerprint density at radius 1 is 1.14 bits per heavy atom. The summed E-state index contributed by atoms with van der Waals surface area (Å²) in [7, 11) is 0. The van der Waals surface area contributed by atoms with E-state index in [0.717, 1.165) is 27.9 Å². The van der Waals surface area contributed by atoms with E-state index in [1.54, 1.807) is 24.4 Å². The van der Waals surface area contributed by atoms with Crippen LogP contribution in [0.5, 0.6) is 0 Å². The molecule has 3 heterocycles. The molecule has 1 aromatic heterocycles. The molecule has 2 saturated heterocycles. The highest BCUT2D eigenvalue weighted by atomic mass is 19.4. The maximum absolute atomic E-state index is 13.4. The van der Waals surface area contributed by atoms with E-state index in [-0.39, 0.29) is 18.5 Å². The molecule has 4 atom stereocenters. The number of H-pyrrole nitrogens is 1. The van der Waals surface area contributed by atoms with Gasteiger partial charge >= 0.3 is 12.1 Å². The van der Waals surface area contributed by atoms with Gasteiger partial charge < -0.3 is 10.1 Å². The number of aromatic nitrogens is 1. The summed E-state index contributed by atoms with van der Waals surface area (Å²) in [5, 5.41) is 14.1. The zero-order chi connectivity index (χ0) is 25.8. The highest BCUT2D eigenvalue weighted by Gasteiger charge is 2.68. The Hall–Kier alpha value is -4.10. The molecular weight excluding hydrogens is 475 g/mol. The van der Waals surface area contributed by atoms with Crippen LogP contribution in [0, 0.1) is 24.2 Å². The van der Waals surface area contributed by atoms with Crippen LogP contribution in [0.3, 0.4) is 0 Å². The van der Waals surface area contributed by atoms with Gasteiger partial charge in [0, 0.05) is 29.6 Å². The number of amides is 2. The average Bonchev–Trinajstić information content (AvgIpc) is 3.48. The van der Waals surface area contributed by atoms with Gasteiger partial charge in [-0.1, -0.05) is 36.3 Å². The second-order valence-electron chi connectivity index (χ2n) is 9.03. The van der Waals surface area contributed by atoms with E-state index in [4.69, 9.17) is 6.42 Å². The molecule has 2 aliphatic heterocycles. The van der Waals surface area contributed by atoms with Gasteiger partial charge in [-0.3, -0.25) is 24.6 Å². The number of nitrogens with one attached hydrogen (secondary N) is 2. The van der Waals surface area contributed by atoms with Gasteiger partial charge in [-0.25, -0.2) is 0 Å². The predicted molar refractivity (Wildman–Crippen MR) is 122 cm³/mol. The molecule has 0 spiro atoms. The molecule has 5 rings (SSSR count). The molecule has 36 heavy (non-hydrogen) atoms. The quantitative estimate of drug-likeness (QED) is 0.373. The summed E-state index contributed by atoms with van der Waals surface area (Å²) < 4.78 is 40.3. The molecule has 3 aromatic rings. The number of hydrogen-bond acceptors (Lipinski definition) is 4. The summed E-state index contributed by atoms with van der Waals surface area (Å²) in [5.41, 5.74) is -1.52. The van der Waals surface area contributed by atoms with E-state index in [1.807, 2.05) is 6.07 Å². The molecule has 2 aromatic carbocycles. The van der Waals surface area contributed by atoms with Crippen LogP contribution in [-0.2, 0) is 27.0 Å². The third-order valence-electron chi connectivity index (χ3n) is 7.09. The molecule has 2 fully saturated rings. The van der Waals surface area contributed by atoms with Gasteiger partial charge in [0.1, 0.15) is 5.54 Å². The number of nitrogens with zero attached hydrogens (tertiary/aromatic N) is 1. The van der Waals surface area contributed by atoms with E-state index < -0.39 is 52.9 Å². The highest BCUT2D eigenvalue weighted by Crippen LogP contribution is 2.50. The number of benzene rings is 2. The van der Waals surface area contributed by atoms with E-state index >= 15 is 0 Å². The summed E-state index contributed by atoms with van der Waals surface area (Å²) >= 11 is 0. The van der Waals surface area contributed by atoms with Crippen molar-refractivity contribution in [3.05, 3.63) is 71.4 Å². The molecule has 184 valence electrons. The standard InChI is InChI=1S/C26H20F3N3O4/c1-2-10-32-22(33)19-20(23(32)34)25(24(35)36,12-15-13-30-18-9-4-3-8-17(15)18)31-21(19)14-6-5-7-16(11-14)26(27,28)29/h1,3-9,11,13,19-21,30-31H,10,12H2,(H,35,36). The largest absolute Gasteiger partial charge is 0.480 e. The van der Waals surface area contributed by atoms with Crippen molar-refractivity contribution >= 4 is 28.7 Å². The lowest BCUT2D eigenvalue weighted by atomic mass is 9.76. The van der Waals surface area contributed by atoms with Gasteiger partial charge in [0.15, 0.2) is 0 Å². The number of para-hydroxylation sites is 1. The Labute approximate surface area is 203 Å². The third-order valence-corrected chi connectivity index (χ3v) is 7.09. The first-order valence-electron chi connectivity index (χ1n) is 11.1. The second-order valence-corrected chi connectivity index (χ2v) is 9.03. The molecule has 2 amide bonds. The van der Waals surface area contributed by atoms with Crippen LogP contribution in [0.1, 0.15) is 22.7 Å². The lowest BCUT2D eigenvalue weighted by molar-refractivity contribution is -0.151. The van der Waals surface area contributed by atoms with Gasteiger partial charge in [-0.15, -0.1) is 6.42 Å². The normalized spacial score (nSPS) is 25.8. The van der Waals surface area contributed by atoms with Crippen LogP contribution in [0.25, 0.3) is 10.9 Å². The molecule has 0 saturated carbocycles. The Morgan fingerprint density at radius 3 is 2.58 bits per heavy atom. The van der Waals surface area contributed by atoms with Crippen molar-refractivity contribution in [2.24, 2.45) is 11.8 Å². The number of halogens is 3. The number of carboxylic acid groups (broad SMARTS) is 1. The summed E-state index contributed by atoms with van der Waals surface area (Å²) in [6.45, 7) is -0.358. The summed E-state index contributed by atoms with van der Waals surface area (Å²) in [4.78, 5) is 43.5. The van der Waals surface area contributed by atoms with E-state index in [0.29, 0.717) is 5.56 Å². The van der Waals surface area contributed by atoms with E-state index in [2.05, 4.69) is 16.2 Å². The number of terminal acetylenes is 1. The summed E-state index contributed by atoms with van der Waals surface area (Å²) in [6.07, 6.45) is 2.13. The topological polar surface area (TPSA) is 102 Å². The molecule has 7 nitrogen and oxygen atoms in total. The molecule has 4 unspecified atom stereocenters. The third kappa shape index (κ3) is 3.46. The maximum Gasteiger partial charge on any atom is 0.416 e. The van der Waals surface area contributed by atoms with Gasteiger partial charge in [-0.2, -0.15) is 13.2 Å². The number of fused-ring (bicyclic) bond motifs is 2. The highest BCUT2D eigenvalue weighted by molar-refractivity contribution is 6.09.